The van der Waals surface area contributed by atoms with E-state index in [1.54, 1.807) is 12.1 Å². The molecule has 0 saturated carbocycles. The molecule has 0 saturated heterocycles. The Morgan fingerprint density at radius 3 is 2.83 bits per heavy atom. The fraction of sp³-hybridized carbons (Fsp3) is 0.250. The maximum atomic E-state index is 10.9. The highest BCUT2D eigenvalue weighted by atomic mass is 35.5. The van der Waals surface area contributed by atoms with Gasteiger partial charge in [0.1, 0.15) is 5.15 Å². The number of rotatable bonds is 5. The van der Waals surface area contributed by atoms with E-state index in [-0.39, 0.29) is 16.0 Å². The van der Waals surface area contributed by atoms with Crippen LogP contribution in [0, 0.1) is 0 Å². The molecule has 96 valence electrons. The van der Waals surface area contributed by atoms with E-state index >= 15 is 0 Å². The van der Waals surface area contributed by atoms with Gasteiger partial charge in [0.05, 0.1) is 0 Å². The van der Waals surface area contributed by atoms with Crippen molar-refractivity contribution in [2.24, 2.45) is 0 Å². The minimum atomic E-state index is -1.12. The molecule has 4 nitrogen and oxygen atoms in total. The number of aromatic nitrogens is 1. The van der Waals surface area contributed by atoms with E-state index in [9.17, 15) is 9.59 Å². The van der Waals surface area contributed by atoms with Gasteiger partial charge in [0.2, 0.25) is 0 Å². The number of halogens is 1. The average Bonchev–Trinajstić information content (AvgIpc) is 2.29. The largest absolute Gasteiger partial charge is 0.476 e. The highest BCUT2D eigenvalue weighted by Gasteiger charge is 2.10. The van der Waals surface area contributed by atoms with Crippen molar-refractivity contribution < 1.29 is 14.7 Å². The molecule has 0 radical (unpaired) electrons. The summed E-state index contributed by atoms with van der Waals surface area (Å²) >= 11 is 6.88. The minimum absolute atomic E-state index is 0.0713. The molecule has 0 fully saturated rings. The first-order valence-electron chi connectivity index (χ1n) is 5.20. The van der Waals surface area contributed by atoms with Gasteiger partial charge in [-0.15, -0.1) is 0 Å². The van der Waals surface area contributed by atoms with Crippen molar-refractivity contribution in [3.63, 3.8) is 0 Å². The zero-order valence-corrected chi connectivity index (χ0v) is 11.3. The maximum absolute atomic E-state index is 10.9. The Labute approximate surface area is 114 Å². The quantitative estimate of drug-likeness (QED) is 0.665. The molecule has 1 rings (SSSR count). The standard InChI is InChI=1S/C12H12ClNO3S/c1-8(15)18-7-3-2-4-9-5-6-10(13)14-11(9)12(16)17/h2,4-6H,3,7H2,1H3,(H,16,17). The molecule has 1 heterocycles. The third-order valence-corrected chi connectivity index (χ3v) is 3.04. The Morgan fingerprint density at radius 2 is 2.22 bits per heavy atom. The smallest absolute Gasteiger partial charge is 0.355 e. The van der Waals surface area contributed by atoms with Crippen LogP contribution in [-0.2, 0) is 4.79 Å². The molecule has 0 aliphatic heterocycles. The van der Waals surface area contributed by atoms with Crippen LogP contribution >= 0.6 is 23.4 Å². The van der Waals surface area contributed by atoms with Gasteiger partial charge >= 0.3 is 5.97 Å². The van der Waals surface area contributed by atoms with E-state index in [0.29, 0.717) is 17.7 Å². The van der Waals surface area contributed by atoms with Crippen molar-refractivity contribution in [3.05, 3.63) is 34.6 Å². The van der Waals surface area contributed by atoms with Crippen molar-refractivity contribution in [2.75, 3.05) is 5.75 Å². The number of pyridine rings is 1. The zero-order valence-electron chi connectivity index (χ0n) is 9.72. The highest BCUT2D eigenvalue weighted by Crippen LogP contribution is 2.14. The first kappa shape index (κ1) is 14.7. The predicted octanol–water partition coefficient (Wildman–Crippen LogP) is 3.12. The SMILES string of the molecule is CC(=O)SCCC=Cc1ccc(Cl)nc1C(=O)O. The highest BCUT2D eigenvalue weighted by molar-refractivity contribution is 8.13. The number of hydrogen-bond donors (Lipinski definition) is 1. The van der Waals surface area contributed by atoms with Crippen LogP contribution in [0.3, 0.4) is 0 Å². The van der Waals surface area contributed by atoms with Crippen LogP contribution in [0.15, 0.2) is 18.2 Å². The molecule has 18 heavy (non-hydrogen) atoms. The summed E-state index contributed by atoms with van der Waals surface area (Å²) in [6.07, 6.45) is 4.17. The van der Waals surface area contributed by atoms with Crippen molar-refractivity contribution in [1.29, 1.82) is 0 Å². The summed E-state index contributed by atoms with van der Waals surface area (Å²) < 4.78 is 0. The molecule has 0 atom stereocenters. The summed E-state index contributed by atoms with van der Waals surface area (Å²) in [7, 11) is 0. The van der Waals surface area contributed by atoms with Gasteiger partial charge in [-0.2, -0.15) is 0 Å². The summed E-state index contributed by atoms with van der Waals surface area (Å²) in [6.45, 7) is 1.51. The summed E-state index contributed by atoms with van der Waals surface area (Å²) in [5.41, 5.74) is 0.428. The van der Waals surface area contributed by atoms with Crippen molar-refractivity contribution in [2.45, 2.75) is 13.3 Å². The number of carbonyl (C=O) groups is 2. The molecular weight excluding hydrogens is 274 g/mol. The fourth-order valence-corrected chi connectivity index (χ4v) is 1.92. The number of hydrogen-bond acceptors (Lipinski definition) is 4. The Hall–Kier alpha value is -1.33. The monoisotopic (exact) mass is 285 g/mol. The van der Waals surface area contributed by atoms with Gasteiger partial charge in [0, 0.05) is 18.2 Å². The zero-order chi connectivity index (χ0) is 13.5. The normalized spacial score (nSPS) is 10.8. The van der Waals surface area contributed by atoms with Crippen LogP contribution in [0.5, 0.6) is 0 Å². The Kier molecular flexibility index (Phi) is 5.88. The summed E-state index contributed by atoms with van der Waals surface area (Å²) in [4.78, 5) is 25.4. The molecule has 1 aromatic rings. The Balaban J connectivity index is 2.69. The van der Waals surface area contributed by atoms with Crippen molar-refractivity contribution >= 4 is 40.5 Å². The minimum Gasteiger partial charge on any atom is -0.476 e. The van der Waals surface area contributed by atoms with E-state index in [2.05, 4.69) is 4.98 Å². The molecular formula is C12H12ClNO3S. The van der Waals surface area contributed by atoms with Gasteiger partial charge in [0.25, 0.3) is 0 Å². The molecule has 0 aliphatic rings. The second-order valence-electron chi connectivity index (χ2n) is 3.41. The maximum Gasteiger partial charge on any atom is 0.355 e. The third-order valence-electron chi connectivity index (χ3n) is 1.98. The van der Waals surface area contributed by atoms with E-state index in [1.165, 1.54) is 24.8 Å². The average molecular weight is 286 g/mol. The number of allylic oxidation sites excluding steroid dienone is 1. The van der Waals surface area contributed by atoms with Crippen LogP contribution in [0.25, 0.3) is 6.08 Å². The summed E-state index contributed by atoms with van der Waals surface area (Å²) in [6, 6.07) is 3.14. The van der Waals surface area contributed by atoms with Gasteiger partial charge in [-0.3, -0.25) is 4.79 Å². The lowest BCUT2D eigenvalue weighted by Gasteiger charge is -2.00. The molecule has 0 aliphatic carbocycles. The second-order valence-corrected chi connectivity index (χ2v) is 5.07. The second kappa shape index (κ2) is 7.18. The summed E-state index contributed by atoms with van der Waals surface area (Å²) in [5, 5.41) is 9.18. The van der Waals surface area contributed by atoms with Gasteiger partial charge in [-0.25, -0.2) is 9.78 Å². The molecule has 0 spiro atoms. The van der Waals surface area contributed by atoms with Crippen LogP contribution in [-0.4, -0.2) is 26.9 Å². The van der Waals surface area contributed by atoms with Crippen molar-refractivity contribution in [3.8, 4) is 0 Å². The number of carbonyl (C=O) groups excluding carboxylic acids is 1. The summed E-state index contributed by atoms with van der Waals surface area (Å²) in [5.74, 6) is -0.440. The van der Waals surface area contributed by atoms with Crippen LogP contribution in [0.2, 0.25) is 5.15 Å². The number of thioether (sulfide) groups is 1. The first-order chi connectivity index (χ1) is 8.50. The topological polar surface area (TPSA) is 67.3 Å². The van der Waals surface area contributed by atoms with Crippen LogP contribution in [0.1, 0.15) is 29.4 Å². The van der Waals surface area contributed by atoms with Crippen molar-refractivity contribution in [1.82, 2.24) is 4.98 Å². The molecule has 0 bridgehead atoms. The fourth-order valence-electron chi connectivity index (χ4n) is 1.23. The molecule has 1 N–H and O–H groups in total. The van der Waals surface area contributed by atoms with Gasteiger partial charge in [0.15, 0.2) is 10.8 Å². The van der Waals surface area contributed by atoms with Crippen LogP contribution in [0.4, 0.5) is 0 Å². The van der Waals surface area contributed by atoms with E-state index in [4.69, 9.17) is 16.7 Å². The number of nitrogens with zero attached hydrogens (tertiary/aromatic N) is 1. The van der Waals surface area contributed by atoms with Gasteiger partial charge in [-0.05, 0) is 18.6 Å². The van der Waals surface area contributed by atoms with E-state index < -0.39 is 5.97 Å². The lowest BCUT2D eigenvalue weighted by Crippen LogP contribution is -2.03. The van der Waals surface area contributed by atoms with Gasteiger partial charge in [-0.1, -0.05) is 35.5 Å². The lowest BCUT2D eigenvalue weighted by atomic mass is 10.1. The number of aromatic carboxylic acids is 1. The first-order valence-corrected chi connectivity index (χ1v) is 6.57. The molecule has 6 heteroatoms. The van der Waals surface area contributed by atoms with Crippen LogP contribution < -0.4 is 0 Å². The van der Waals surface area contributed by atoms with E-state index in [1.807, 2.05) is 6.08 Å². The third kappa shape index (κ3) is 4.89. The molecule has 0 amide bonds. The molecule has 0 unspecified atom stereocenters. The Bertz CT molecular complexity index is 488. The lowest BCUT2D eigenvalue weighted by molar-refractivity contribution is -0.109. The number of carboxylic acid groups (broad SMARTS) is 1. The van der Waals surface area contributed by atoms with Gasteiger partial charge < -0.3 is 5.11 Å². The number of carboxylic acids is 1. The Morgan fingerprint density at radius 1 is 1.50 bits per heavy atom. The molecule has 1 aromatic heterocycles. The molecule has 0 aromatic carbocycles. The predicted molar refractivity (Wildman–Crippen MR) is 73.0 cm³/mol. The van der Waals surface area contributed by atoms with E-state index in [0.717, 1.165) is 0 Å².